The summed E-state index contributed by atoms with van der Waals surface area (Å²) >= 11 is 0. The third-order valence-corrected chi connectivity index (χ3v) is 9.75. The number of fused-ring (bicyclic) bond motifs is 1. The molecule has 4 aromatic rings. The van der Waals surface area contributed by atoms with Gasteiger partial charge in [0.2, 0.25) is 0 Å². The molecule has 3 aliphatic heterocycles. The van der Waals surface area contributed by atoms with Gasteiger partial charge in [0.15, 0.2) is 30.3 Å². The summed E-state index contributed by atoms with van der Waals surface area (Å²) in [5.41, 5.74) is 3.04. The van der Waals surface area contributed by atoms with E-state index < -0.39 is 60.8 Å². The van der Waals surface area contributed by atoms with E-state index in [1.54, 1.807) is 13.8 Å². The first kappa shape index (κ1) is 40.5. The van der Waals surface area contributed by atoms with Gasteiger partial charge in [0.05, 0.1) is 39.1 Å². The van der Waals surface area contributed by atoms with Crippen molar-refractivity contribution in [3.63, 3.8) is 0 Å². The van der Waals surface area contributed by atoms with Gasteiger partial charge in [-0.15, -0.1) is 0 Å². The minimum atomic E-state index is -1.43. The minimum Gasteiger partial charge on any atom is -0.482 e. The lowest BCUT2D eigenvalue weighted by atomic mass is 9.97. The Morgan fingerprint density at radius 1 is 0.625 bits per heavy atom. The molecule has 0 amide bonds. The first-order valence-electron chi connectivity index (χ1n) is 19.4. The third kappa shape index (κ3) is 11.2. The lowest BCUT2D eigenvalue weighted by Gasteiger charge is -2.46. The van der Waals surface area contributed by atoms with Crippen molar-refractivity contribution in [1.29, 1.82) is 0 Å². The maximum Gasteiger partial charge on any atom is 0.198 e. The van der Waals surface area contributed by atoms with E-state index in [9.17, 15) is 5.11 Å². The predicted molar refractivity (Wildman–Crippen MR) is 206 cm³/mol. The molecule has 11 heteroatoms. The highest BCUT2D eigenvalue weighted by Crippen LogP contribution is 2.39. The number of ether oxygens (including phenoxy) is 10. The molecule has 0 aromatic heterocycles. The number of aliphatic hydroxyl groups is 1. The van der Waals surface area contributed by atoms with Gasteiger partial charge in [-0.05, 0) is 56.5 Å². The molecule has 0 spiro atoms. The Hall–Kier alpha value is -3.72. The third-order valence-electron chi connectivity index (χ3n) is 9.75. The van der Waals surface area contributed by atoms with Crippen LogP contribution in [0.25, 0.3) is 0 Å². The molecule has 7 rings (SSSR count). The SMILES string of the molecule is CC(C)(O)OC1CC2OC(C)(C)OC2C(COC2OC(COCc3ccccc3)[C@@H](OCc3ccccc3)C(OCc3ccccc3)[C@H]2Oc2ccccc2)O1. The summed E-state index contributed by atoms with van der Waals surface area (Å²) in [5, 5.41) is 10.5. The summed E-state index contributed by atoms with van der Waals surface area (Å²) in [4.78, 5) is 0. The summed E-state index contributed by atoms with van der Waals surface area (Å²) in [7, 11) is 0. The van der Waals surface area contributed by atoms with E-state index in [0.29, 0.717) is 32.0 Å². The number of benzene rings is 4. The molecule has 3 heterocycles. The Morgan fingerprint density at radius 3 is 1.77 bits per heavy atom. The van der Waals surface area contributed by atoms with Crippen LogP contribution in [-0.2, 0) is 62.5 Å². The number of hydrogen-bond acceptors (Lipinski definition) is 11. The van der Waals surface area contributed by atoms with Crippen LogP contribution in [0.1, 0.15) is 50.8 Å². The standard InChI is InChI=1S/C45H54O11/c1-44(2,46)55-38-25-35-39(56-45(3,4)54-35)37(52-38)30-50-43-42(51-34-23-15-8-16-24-34)41(49-28-33-21-13-7-14-22-33)40(48-27-32-19-11-6-12-20-32)36(53-43)29-47-26-31-17-9-5-10-18-31/h5-24,35-43,46H,25-30H2,1-4H3/t35?,36?,37?,38?,39?,40-,41?,42-,43?/m1/s1. The zero-order valence-electron chi connectivity index (χ0n) is 32.5. The second-order valence-electron chi connectivity index (χ2n) is 15.3. The van der Waals surface area contributed by atoms with Gasteiger partial charge in [0.1, 0.15) is 36.3 Å². The smallest absolute Gasteiger partial charge is 0.198 e. The van der Waals surface area contributed by atoms with Crippen molar-refractivity contribution < 1.29 is 52.5 Å². The monoisotopic (exact) mass is 770 g/mol. The van der Waals surface area contributed by atoms with Crippen molar-refractivity contribution >= 4 is 0 Å². The predicted octanol–water partition coefficient (Wildman–Crippen LogP) is 6.94. The Balaban J connectivity index is 1.19. The molecule has 3 fully saturated rings. The highest BCUT2D eigenvalue weighted by molar-refractivity contribution is 5.22. The van der Waals surface area contributed by atoms with Crippen molar-refractivity contribution in [3.8, 4) is 5.75 Å². The average Bonchev–Trinajstić information content (AvgIpc) is 3.51. The van der Waals surface area contributed by atoms with Gasteiger partial charge in [-0.3, -0.25) is 0 Å². The van der Waals surface area contributed by atoms with Crippen LogP contribution in [0, 0.1) is 0 Å². The normalized spacial score (nSPS) is 28.8. The topological polar surface area (TPSA) is 113 Å². The van der Waals surface area contributed by atoms with Crippen LogP contribution in [0.15, 0.2) is 121 Å². The Kier molecular flexibility index (Phi) is 13.5. The van der Waals surface area contributed by atoms with E-state index in [4.69, 9.17) is 47.4 Å². The lowest BCUT2D eigenvalue weighted by Crippen LogP contribution is -2.63. The molecule has 0 radical (unpaired) electrons. The van der Waals surface area contributed by atoms with Crippen LogP contribution in [0.2, 0.25) is 0 Å². The van der Waals surface area contributed by atoms with Crippen LogP contribution in [0.4, 0.5) is 0 Å². The fourth-order valence-corrected chi connectivity index (χ4v) is 7.32. The maximum absolute atomic E-state index is 10.5. The van der Waals surface area contributed by atoms with E-state index in [0.717, 1.165) is 16.7 Å². The molecule has 300 valence electrons. The molecule has 9 atom stereocenters. The van der Waals surface area contributed by atoms with Gasteiger partial charge in [0.25, 0.3) is 0 Å². The fraction of sp³-hybridized carbons (Fsp3) is 0.467. The van der Waals surface area contributed by atoms with Crippen molar-refractivity contribution in [1.82, 2.24) is 0 Å². The molecule has 3 saturated heterocycles. The average molecular weight is 771 g/mol. The van der Waals surface area contributed by atoms with E-state index in [-0.39, 0.29) is 19.3 Å². The second kappa shape index (κ2) is 18.7. The van der Waals surface area contributed by atoms with Gasteiger partial charge in [-0.25, -0.2) is 0 Å². The zero-order valence-corrected chi connectivity index (χ0v) is 32.5. The molecule has 11 nitrogen and oxygen atoms in total. The summed E-state index contributed by atoms with van der Waals surface area (Å²) in [5.74, 6) is -1.66. The Morgan fingerprint density at radius 2 is 1.18 bits per heavy atom. The molecule has 7 unspecified atom stereocenters. The van der Waals surface area contributed by atoms with Crippen LogP contribution in [0.5, 0.6) is 5.75 Å². The quantitative estimate of drug-likeness (QED) is 0.113. The van der Waals surface area contributed by atoms with Gasteiger partial charge in [-0.1, -0.05) is 109 Å². The zero-order chi connectivity index (χ0) is 39.0. The molecule has 56 heavy (non-hydrogen) atoms. The van der Waals surface area contributed by atoms with Crippen molar-refractivity contribution in [2.75, 3.05) is 13.2 Å². The van der Waals surface area contributed by atoms with Gasteiger partial charge in [-0.2, -0.15) is 0 Å². The van der Waals surface area contributed by atoms with E-state index in [2.05, 4.69) is 0 Å². The van der Waals surface area contributed by atoms with Crippen LogP contribution in [-0.4, -0.2) is 85.2 Å². The number of para-hydroxylation sites is 1. The fourth-order valence-electron chi connectivity index (χ4n) is 7.32. The molecule has 1 N–H and O–H groups in total. The van der Waals surface area contributed by atoms with Crippen molar-refractivity contribution in [2.45, 2.75) is 121 Å². The van der Waals surface area contributed by atoms with Gasteiger partial charge < -0.3 is 52.5 Å². The Labute approximate surface area is 329 Å². The van der Waals surface area contributed by atoms with Crippen molar-refractivity contribution in [2.24, 2.45) is 0 Å². The van der Waals surface area contributed by atoms with Gasteiger partial charge in [0, 0.05) is 6.42 Å². The Bertz CT molecular complexity index is 1740. The summed E-state index contributed by atoms with van der Waals surface area (Å²) in [6, 6.07) is 39.5. The van der Waals surface area contributed by atoms with E-state index in [1.165, 1.54) is 0 Å². The molecule has 0 bridgehead atoms. The van der Waals surface area contributed by atoms with Crippen LogP contribution < -0.4 is 4.74 Å². The number of hydrogen-bond donors (Lipinski definition) is 1. The van der Waals surface area contributed by atoms with E-state index in [1.807, 2.05) is 135 Å². The molecule has 0 aliphatic carbocycles. The van der Waals surface area contributed by atoms with Crippen LogP contribution in [0.3, 0.4) is 0 Å². The molecular formula is C45H54O11. The lowest BCUT2D eigenvalue weighted by molar-refractivity contribution is -0.337. The molecule has 4 aromatic carbocycles. The first-order chi connectivity index (χ1) is 27.1. The highest BCUT2D eigenvalue weighted by Gasteiger charge is 2.53. The van der Waals surface area contributed by atoms with Gasteiger partial charge >= 0.3 is 0 Å². The summed E-state index contributed by atoms with van der Waals surface area (Å²) in [6.45, 7) is 8.08. The number of rotatable bonds is 17. The largest absolute Gasteiger partial charge is 0.482 e. The highest BCUT2D eigenvalue weighted by atomic mass is 16.8. The maximum atomic E-state index is 10.5. The summed E-state index contributed by atoms with van der Waals surface area (Å²) in [6.07, 6.45) is -5.52. The summed E-state index contributed by atoms with van der Waals surface area (Å²) < 4.78 is 65.2. The molecular weight excluding hydrogens is 716 g/mol. The minimum absolute atomic E-state index is 0.0319. The second-order valence-corrected chi connectivity index (χ2v) is 15.3. The van der Waals surface area contributed by atoms with E-state index >= 15 is 0 Å². The first-order valence-corrected chi connectivity index (χ1v) is 19.4. The molecule has 0 saturated carbocycles. The molecule has 3 aliphatic rings. The van der Waals surface area contributed by atoms with Crippen LogP contribution >= 0.6 is 0 Å². The van der Waals surface area contributed by atoms with Crippen molar-refractivity contribution in [3.05, 3.63) is 138 Å².